The molecule has 166 valence electrons. The van der Waals surface area contributed by atoms with Crippen LogP contribution in [0.2, 0.25) is 0 Å². The molecule has 1 N–H and O–H groups in total. The van der Waals surface area contributed by atoms with Crippen LogP contribution in [-0.4, -0.2) is 57.8 Å². The van der Waals surface area contributed by atoms with E-state index in [1.165, 1.54) is 0 Å². The fourth-order valence-electron chi connectivity index (χ4n) is 4.45. The molecule has 0 bridgehead atoms. The number of aromatic amines is 1. The second-order valence-electron chi connectivity index (χ2n) is 8.69. The first-order valence-corrected chi connectivity index (χ1v) is 11.1. The van der Waals surface area contributed by atoms with Crippen LogP contribution in [0.15, 0.2) is 73.1 Å². The van der Waals surface area contributed by atoms with Crippen LogP contribution < -0.4 is 0 Å². The lowest BCUT2D eigenvalue weighted by Gasteiger charge is -2.39. The fourth-order valence-corrected chi connectivity index (χ4v) is 4.45. The summed E-state index contributed by atoms with van der Waals surface area (Å²) >= 11 is 0. The lowest BCUT2D eigenvalue weighted by molar-refractivity contribution is -0.138. The van der Waals surface area contributed by atoms with Gasteiger partial charge in [-0.15, -0.1) is 0 Å². The summed E-state index contributed by atoms with van der Waals surface area (Å²) in [6.45, 7) is 3.06. The Kier molecular flexibility index (Phi) is 5.42. The third kappa shape index (κ3) is 4.12. The molecule has 4 aromatic rings. The van der Waals surface area contributed by atoms with Crippen LogP contribution in [0, 0.1) is 6.92 Å². The number of benzene rings is 2. The lowest BCUT2D eigenvalue weighted by Crippen LogP contribution is -2.58. The van der Waals surface area contributed by atoms with Crippen LogP contribution in [0.5, 0.6) is 0 Å². The smallest absolute Gasteiger partial charge is 0.271 e. The van der Waals surface area contributed by atoms with E-state index in [0.717, 1.165) is 33.2 Å². The predicted octanol–water partition coefficient (Wildman–Crippen LogP) is 4.06. The number of likely N-dealkylation sites (N-methyl/N-ethyl adjacent to an activating group) is 1. The van der Waals surface area contributed by atoms with Crippen LogP contribution >= 0.6 is 0 Å². The Morgan fingerprint density at radius 1 is 1.06 bits per heavy atom. The average molecular weight is 439 g/mol. The van der Waals surface area contributed by atoms with Gasteiger partial charge in [0.1, 0.15) is 11.7 Å². The Balaban J connectivity index is 1.40. The number of rotatable bonds is 4. The number of aromatic nitrogens is 2. The Labute approximate surface area is 192 Å². The number of amides is 2. The normalized spacial score (nSPS) is 16.4. The minimum absolute atomic E-state index is 0.0297. The number of hydrogen-bond acceptors (Lipinski definition) is 3. The molecule has 5 rings (SSSR count). The van der Waals surface area contributed by atoms with Crippen molar-refractivity contribution in [2.45, 2.75) is 19.4 Å². The predicted molar refractivity (Wildman–Crippen MR) is 129 cm³/mol. The van der Waals surface area contributed by atoms with E-state index < -0.39 is 6.04 Å². The molecule has 0 aliphatic carbocycles. The Bertz CT molecular complexity index is 1310. The Morgan fingerprint density at radius 2 is 1.88 bits per heavy atom. The number of nitrogens with zero attached hydrogens (tertiary/aromatic N) is 3. The number of aryl methyl sites for hydroxylation is 1. The van der Waals surface area contributed by atoms with E-state index in [-0.39, 0.29) is 11.8 Å². The minimum Gasteiger partial charge on any atom is -0.351 e. The van der Waals surface area contributed by atoms with Crippen molar-refractivity contribution in [3.8, 4) is 11.1 Å². The summed E-state index contributed by atoms with van der Waals surface area (Å²) in [5.74, 6) is -0.167. The Hall–Kier alpha value is -3.93. The van der Waals surface area contributed by atoms with E-state index in [0.29, 0.717) is 25.2 Å². The molecule has 1 aliphatic heterocycles. The molecule has 2 aromatic heterocycles. The largest absolute Gasteiger partial charge is 0.351 e. The highest BCUT2D eigenvalue weighted by atomic mass is 16.2. The maximum atomic E-state index is 13.5. The van der Waals surface area contributed by atoms with Crippen molar-refractivity contribution in [1.82, 2.24) is 19.8 Å². The molecule has 2 amide bonds. The molecule has 1 aliphatic rings. The lowest BCUT2D eigenvalue weighted by atomic mass is 9.98. The molecule has 0 saturated carbocycles. The fraction of sp³-hybridized carbons (Fsp3) is 0.222. The molecule has 33 heavy (non-hydrogen) atoms. The number of carbonyl (C=O) groups is 2. The van der Waals surface area contributed by atoms with Gasteiger partial charge >= 0.3 is 0 Å². The van der Waals surface area contributed by atoms with Crippen molar-refractivity contribution < 1.29 is 9.59 Å². The van der Waals surface area contributed by atoms with Crippen LogP contribution in [-0.2, 0) is 11.2 Å². The minimum atomic E-state index is -0.534. The number of H-pyrrole nitrogens is 1. The highest BCUT2D eigenvalue weighted by molar-refractivity contribution is 6.00. The molecule has 0 spiro atoms. The van der Waals surface area contributed by atoms with Gasteiger partial charge in [0.2, 0.25) is 5.91 Å². The third-order valence-electron chi connectivity index (χ3n) is 6.36. The number of fused-ring (bicyclic) bond motifs is 1. The first-order chi connectivity index (χ1) is 16.0. The van der Waals surface area contributed by atoms with Gasteiger partial charge in [-0.25, -0.2) is 0 Å². The monoisotopic (exact) mass is 438 g/mol. The zero-order valence-corrected chi connectivity index (χ0v) is 18.8. The highest BCUT2D eigenvalue weighted by Crippen LogP contribution is 2.24. The summed E-state index contributed by atoms with van der Waals surface area (Å²) in [7, 11) is 1.80. The van der Waals surface area contributed by atoms with Crippen LogP contribution in [0.3, 0.4) is 0 Å². The number of piperazine rings is 1. The van der Waals surface area contributed by atoms with Gasteiger partial charge in [-0.05, 0) is 47.4 Å². The molecular weight excluding hydrogens is 412 g/mol. The van der Waals surface area contributed by atoms with E-state index in [9.17, 15) is 9.59 Å². The summed E-state index contributed by atoms with van der Waals surface area (Å²) in [4.78, 5) is 37.4. The molecule has 1 atom stereocenters. The van der Waals surface area contributed by atoms with E-state index >= 15 is 0 Å². The van der Waals surface area contributed by atoms with Crippen LogP contribution in [0.4, 0.5) is 0 Å². The van der Waals surface area contributed by atoms with Gasteiger partial charge in [-0.1, -0.05) is 42.5 Å². The quantitative estimate of drug-likeness (QED) is 0.522. The molecule has 3 heterocycles. The van der Waals surface area contributed by atoms with E-state index in [4.69, 9.17) is 0 Å². The van der Waals surface area contributed by atoms with Crippen molar-refractivity contribution in [3.63, 3.8) is 0 Å². The maximum absolute atomic E-state index is 13.5. The second kappa shape index (κ2) is 8.54. The van der Waals surface area contributed by atoms with Crippen molar-refractivity contribution >= 4 is 22.7 Å². The summed E-state index contributed by atoms with van der Waals surface area (Å²) < 4.78 is 0. The molecule has 0 radical (unpaired) electrons. The van der Waals surface area contributed by atoms with E-state index in [1.54, 1.807) is 23.0 Å². The molecule has 6 nitrogen and oxygen atoms in total. The first kappa shape index (κ1) is 20.9. The van der Waals surface area contributed by atoms with Gasteiger partial charge in [0.25, 0.3) is 5.91 Å². The van der Waals surface area contributed by atoms with Gasteiger partial charge in [0.05, 0.1) is 0 Å². The second-order valence-corrected chi connectivity index (χ2v) is 8.69. The van der Waals surface area contributed by atoms with Gasteiger partial charge in [-0.2, -0.15) is 0 Å². The highest BCUT2D eigenvalue weighted by Gasteiger charge is 2.36. The number of hydrogen-bond donors (Lipinski definition) is 1. The van der Waals surface area contributed by atoms with Gasteiger partial charge in [0, 0.05) is 49.9 Å². The molecular formula is C27H26N4O2. The van der Waals surface area contributed by atoms with Crippen molar-refractivity contribution in [2.24, 2.45) is 0 Å². The summed E-state index contributed by atoms with van der Waals surface area (Å²) in [6, 6.07) is 19.5. The van der Waals surface area contributed by atoms with E-state index in [1.807, 2.05) is 73.8 Å². The standard InChI is InChI=1S/C27H26N4O2/c1-18-5-8-21-16-24(29-23(21)14-18)26(32)31-13-12-30(2)27(33)25(31)15-19-6-9-20(10-7-19)22-4-3-11-28-17-22/h3-11,14,16-17,25,29H,12-13,15H2,1-2H3/t25-/m1/s1. The Morgan fingerprint density at radius 3 is 2.64 bits per heavy atom. The molecule has 0 unspecified atom stereocenters. The molecule has 1 fully saturated rings. The molecule has 6 heteroatoms. The zero-order chi connectivity index (χ0) is 22.9. The number of pyridine rings is 1. The van der Waals surface area contributed by atoms with Gasteiger partial charge in [0.15, 0.2) is 0 Å². The molecule has 2 aromatic carbocycles. The number of carbonyl (C=O) groups excluding carboxylic acids is 2. The van der Waals surface area contributed by atoms with Gasteiger partial charge in [-0.3, -0.25) is 14.6 Å². The van der Waals surface area contributed by atoms with Crippen LogP contribution in [0.25, 0.3) is 22.0 Å². The summed E-state index contributed by atoms with van der Waals surface area (Å²) in [6.07, 6.45) is 4.06. The summed E-state index contributed by atoms with van der Waals surface area (Å²) in [5.41, 5.74) is 5.71. The zero-order valence-electron chi connectivity index (χ0n) is 18.8. The first-order valence-electron chi connectivity index (χ1n) is 11.1. The number of nitrogens with one attached hydrogen (secondary N) is 1. The van der Waals surface area contributed by atoms with Crippen molar-refractivity contribution in [3.05, 3.63) is 89.9 Å². The average Bonchev–Trinajstić information content (AvgIpc) is 3.26. The van der Waals surface area contributed by atoms with Crippen molar-refractivity contribution in [2.75, 3.05) is 20.1 Å². The van der Waals surface area contributed by atoms with Crippen molar-refractivity contribution in [1.29, 1.82) is 0 Å². The summed E-state index contributed by atoms with van der Waals surface area (Å²) in [5, 5.41) is 0.993. The topological polar surface area (TPSA) is 69.3 Å². The SMILES string of the molecule is Cc1ccc2cc(C(=O)N3CCN(C)C(=O)[C@H]3Cc3ccc(-c4cccnc4)cc3)[nH]c2c1. The maximum Gasteiger partial charge on any atom is 0.271 e. The molecule has 1 saturated heterocycles. The van der Waals surface area contributed by atoms with Gasteiger partial charge < -0.3 is 14.8 Å². The van der Waals surface area contributed by atoms with E-state index in [2.05, 4.69) is 9.97 Å². The van der Waals surface area contributed by atoms with Crippen LogP contribution in [0.1, 0.15) is 21.6 Å². The third-order valence-corrected chi connectivity index (χ3v) is 6.36.